The summed E-state index contributed by atoms with van der Waals surface area (Å²) in [7, 11) is 0. The van der Waals surface area contributed by atoms with Crippen LogP contribution < -0.4 is 5.32 Å². The lowest BCUT2D eigenvalue weighted by Crippen LogP contribution is -2.13. The zero-order valence-electron chi connectivity index (χ0n) is 8.33. The molecular weight excluding hydrogens is 194 g/mol. The Morgan fingerprint density at radius 3 is 3.07 bits per heavy atom. The maximum atomic E-state index is 11.4. The predicted molar refractivity (Wildman–Crippen MR) is 59.7 cm³/mol. The van der Waals surface area contributed by atoms with Gasteiger partial charge in [-0.15, -0.1) is 11.8 Å². The summed E-state index contributed by atoms with van der Waals surface area (Å²) in [5, 5.41) is 3.29. The van der Waals surface area contributed by atoms with E-state index in [0.717, 1.165) is 5.69 Å². The first-order chi connectivity index (χ1) is 6.65. The highest BCUT2D eigenvalue weighted by Gasteiger charge is 2.18. The van der Waals surface area contributed by atoms with Gasteiger partial charge in [0.1, 0.15) is 0 Å². The van der Waals surface area contributed by atoms with Crippen LogP contribution in [-0.2, 0) is 4.79 Å². The summed E-state index contributed by atoms with van der Waals surface area (Å²) in [5.41, 5.74) is 2.14. The van der Waals surface area contributed by atoms with Crippen molar-refractivity contribution in [3.63, 3.8) is 0 Å². The van der Waals surface area contributed by atoms with Gasteiger partial charge in [-0.2, -0.15) is 0 Å². The number of carbonyl (C=O) groups excluding carboxylic acids is 1. The first-order valence-electron chi connectivity index (χ1n) is 4.72. The lowest BCUT2D eigenvalue weighted by atomic mass is 10.2. The fourth-order valence-corrected chi connectivity index (χ4v) is 2.62. The lowest BCUT2D eigenvalue weighted by molar-refractivity contribution is -0.116. The number of carbonyl (C=O) groups is 1. The predicted octanol–water partition coefficient (Wildman–Crippen LogP) is 2.82. The van der Waals surface area contributed by atoms with Crippen molar-refractivity contribution in [3.05, 3.63) is 23.8 Å². The average molecular weight is 207 g/mol. The number of hydrogen-bond donors (Lipinski definition) is 1. The Morgan fingerprint density at radius 2 is 2.29 bits per heavy atom. The van der Waals surface area contributed by atoms with Crippen LogP contribution in [0.5, 0.6) is 0 Å². The van der Waals surface area contributed by atoms with Gasteiger partial charge in [-0.3, -0.25) is 4.79 Å². The molecule has 1 heterocycles. The second-order valence-corrected chi connectivity index (χ2v) is 5.16. The average Bonchev–Trinajstić information content (AvgIpc) is 2.21. The molecule has 0 bridgehead atoms. The van der Waals surface area contributed by atoms with Gasteiger partial charge in [-0.1, -0.05) is 13.0 Å². The molecule has 1 atom stereocenters. The summed E-state index contributed by atoms with van der Waals surface area (Å²) in [6.45, 7) is 4.12. The number of benzene rings is 1. The van der Waals surface area contributed by atoms with E-state index < -0.39 is 0 Å². The third kappa shape index (κ3) is 1.93. The maximum absolute atomic E-state index is 11.4. The molecule has 1 N–H and O–H groups in total. The van der Waals surface area contributed by atoms with E-state index in [4.69, 9.17) is 0 Å². The summed E-state index contributed by atoms with van der Waals surface area (Å²) >= 11 is 1.76. The molecule has 1 aromatic carbocycles. The van der Waals surface area contributed by atoms with E-state index in [9.17, 15) is 4.79 Å². The molecule has 1 unspecified atom stereocenters. The number of nitrogens with one attached hydrogen (secondary N) is 1. The molecule has 0 radical (unpaired) electrons. The Kier molecular flexibility index (Phi) is 2.50. The van der Waals surface area contributed by atoms with Crippen molar-refractivity contribution in [1.82, 2.24) is 0 Å². The molecule has 2 rings (SSSR count). The number of thioether (sulfide) groups is 1. The third-order valence-electron chi connectivity index (χ3n) is 2.21. The van der Waals surface area contributed by atoms with E-state index >= 15 is 0 Å². The number of aryl methyl sites for hydroxylation is 1. The smallest absolute Gasteiger partial charge is 0.225 e. The molecule has 0 fully saturated rings. The fraction of sp³-hybridized carbons (Fsp3) is 0.364. The van der Waals surface area contributed by atoms with Crippen LogP contribution in [0.25, 0.3) is 0 Å². The van der Waals surface area contributed by atoms with Crippen molar-refractivity contribution in [2.24, 2.45) is 0 Å². The molecule has 2 nitrogen and oxygen atoms in total. The minimum Gasteiger partial charge on any atom is -0.325 e. The van der Waals surface area contributed by atoms with Gasteiger partial charge in [-0.05, 0) is 24.6 Å². The topological polar surface area (TPSA) is 29.1 Å². The Morgan fingerprint density at radius 1 is 1.50 bits per heavy atom. The SMILES string of the molecule is Cc1ccc2c(c1)NC(=O)CC(C)S2. The Hall–Kier alpha value is -0.960. The number of fused-ring (bicyclic) bond motifs is 1. The van der Waals surface area contributed by atoms with Crippen LogP contribution in [0.2, 0.25) is 0 Å². The standard InChI is InChI=1S/C11H13NOS/c1-7-3-4-10-9(5-7)12-11(13)6-8(2)14-10/h3-5,8H,6H2,1-2H3,(H,12,13). The van der Waals surface area contributed by atoms with Crippen molar-refractivity contribution in [2.75, 3.05) is 5.32 Å². The van der Waals surface area contributed by atoms with Crippen LogP contribution >= 0.6 is 11.8 Å². The molecule has 1 aliphatic heterocycles. The van der Waals surface area contributed by atoms with E-state index in [1.54, 1.807) is 11.8 Å². The van der Waals surface area contributed by atoms with E-state index in [2.05, 4.69) is 24.4 Å². The van der Waals surface area contributed by atoms with Crippen molar-refractivity contribution in [1.29, 1.82) is 0 Å². The molecule has 0 aromatic heterocycles. The highest BCUT2D eigenvalue weighted by atomic mass is 32.2. The van der Waals surface area contributed by atoms with Crippen LogP contribution in [0.1, 0.15) is 18.9 Å². The molecular formula is C11H13NOS. The quantitative estimate of drug-likeness (QED) is 0.708. The van der Waals surface area contributed by atoms with E-state index in [1.807, 2.05) is 13.0 Å². The van der Waals surface area contributed by atoms with Gasteiger partial charge in [0.15, 0.2) is 0 Å². The molecule has 1 aromatic rings. The molecule has 74 valence electrons. The normalized spacial score (nSPS) is 21.0. The fourth-order valence-electron chi connectivity index (χ4n) is 1.57. The Balaban J connectivity index is 2.41. The van der Waals surface area contributed by atoms with Gasteiger partial charge >= 0.3 is 0 Å². The zero-order valence-corrected chi connectivity index (χ0v) is 9.15. The molecule has 0 aliphatic carbocycles. The van der Waals surface area contributed by atoms with Gasteiger partial charge in [0, 0.05) is 16.6 Å². The highest BCUT2D eigenvalue weighted by Crippen LogP contribution is 2.35. The minimum atomic E-state index is 0.120. The van der Waals surface area contributed by atoms with Crippen LogP contribution in [0.4, 0.5) is 5.69 Å². The molecule has 14 heavy (non-hydrogen) atoms. The Labute approximate surface area is 88.1 Å². The molecule has 0 spiro atoms. The summed E-state index contributed by atoms with van der Waals surface area (Å²) in [5.74, 6) is 0.120. The Bertz CT molecular complexity index is 376. The zero-order chi connectivity index (χ0) is 10.1. The van der Waals surface area contributed by atoms with Crippen molar-refractivity contribution in [3.8, 4) is 0 Å². The molecule has 1 amide bonds. The van der Waals surface area contributed by atoms with E-state index in [-0.39, 0.29) is 5.91 Å². The minimum absolute atomic E-state index is 0.120. The molecule has 3 heteroatoms. The highest BCUT2D eigenvalue weighted by molar-refractivity contribution is 8.00. The van der Waals surface area contributed by atoms with Gasteiger partial charge < -0.3 is 5.32 Å². The van der Waals surface area contributed by atoms with Crippen LogP contribution in [0.15, 0.2) is 23.1 Å². The largest absolute Gasteiger partial charge is 0.325 e. The van der Waals surface area contributed by atoms with E-state index in [1.165, 1.54) is 10.5 Å². The monoisotopic (exact) mass is 207 g/mol. The number of rotatable bonds is 0. The van der Waals surface area contributed by atoms with Gasteiger partial charge in [-0.25, -0.2) is 0 Å². The lowest BCUT2D eigenvalue weighted by Gasteiger charge is -2.07. The van der Waals surface area contributed by atoms with Crippen molar-refractivity contribution in [2.45, 2.75) is 30.4 Å². The van der Waals surface area contributed by atoms with E-state index in [0.29, 0.717) is 11.7 Å². The van der Waals surface area contributed by atoms with Gasteiger partial charge in [0.25, 0.3) is 0 Å². The molecule has 0 saturated carbocycles. The molecule has 0 saturated heterocycles. The second-order valence-electron chi connectivity index (χ2n) is 3.68. The second kappa shape index (κ2) is 3.65. The molecule has 1 aliphatic rings. The summed E-state index contributed by atoms with van der Waals surface area (Å²) in [4.78, 5) is 12.6. The van der Waals surface area contributed by atoms with Gasteiger partial charge in [0.05, 0.1) is 5.69 Å². The van der Waals surface area contributed by atoms with Crippen molar-refractivity contribution >= 4 is 23.4 Å². The summed E-state index contributed by atoms with van der Waals surface area (Å²) < 4.78 is 0. The van der Waals surface area contributed by atoms with Crippen LogP contribution in [-0.4, -0.2) is 11.2 Å². The third-order valence-corrected chi connectivity index (χ3v) is 3.39. The number of hydrogen-bond acceptors (Lipinski definition) is 2. The maximum Gasteiger partial charge on any atom is 0.225 e. The van der Waals surface area contributed by atoms with Crippen molar-refractivity contribution < 1.29 is 4.79 Å². The summed E-state index contributed by atoms with van der Waals surface area (Å²) in [6.07, 6.45) is 0.596. The van der Waals surface area contributed by atoms with Crippen LogP contribution in [0, 0.1) is 6.92 Å². The first kappa shape index (κ1) is 9.59. The number of anilines is 1. The number of amides is 1. The van der Waals surface area contributed by atoms with Gasteiger partial charge in [0.2, 0.25) is 5.91 Å². The first-order valence-corrected chi connectivity index (χ1v) is 5.60. The van der Waals surface area contributed by atoms with Crippen LogP contribution in [0.3, 0.4) is 0 Å². The summed E-state index contributed by atoms with van der Waals surface area (Å²) in [6, 6.07) is 6.19.